The Morgan fingerprint density at radius 1 is 0.973 bits per heavy atom. The average Bonchev–Trinajstić information content (AvgIpc) is 3.32. The number of piperidine rings is 1. The number of hydrogen-bond acceptors (Lipinski definition) is 8. The second-order valence-electron chi connectivity index (χ2n) is 9.79. The number of sulfonamides is 1. The standard InChI is InChI=1S/C25H30N4O5S3/c1-18-5-4-12-29(17-18)37(33,34)20-10-8-19(9-11-20)24(30)27-13-15-28(16-14-27)25-26-23-21(35-25)6-3-7-22(23)36(2,31)32/h3,6-11,18H,4-5,12-17H2,1-2H3. The lowest BCUT2D eigenvalue weighted by atomic mass is 10.0. The van der Waals surface area contributed by atoms with Gasteiger partial charge in [-0.25, -0.2) is 21.8 Å². The molecule has 9 nitrogen and oxygen atoms in total. The summed E-state index contributed by atoms with van der Waals surface area (Å²) in [5.74, 6) is 0.200. The molecule has 198 valence electrons. The third kappa shape index (κ3) is 5.25. The summed E-state index contributed by atoms with van der Waals surface area (Å²) in [6.07, 6.45) is 3.08. The van der Waals surface area contributed by atoms with Crippen molar-refractivity contribution in [3.05, 3.63) is 48.0 Å². The molecule has 2 aliphatic heterocycles. The molecule has 37 heavy (non-hydrogen) atoms. The number of rotatable bonds is 5. The summed E-state index contributed by atoms with van der Waals surface area (Å²) in [5, 5.41) is 0.736. The van der Waals surface area contributed by atoms with Crippen LogP contribution in [0.2, 0.25) is 0 Å². The van der Waals surface area contributed by atoms with Crippen molar-refractivity contribution in [1.82, 2.24) is 14.2 Å². The highest BCUT2D eigenvalue weighted by Crippen LogP contribution is 2.33. The van der Waals surface area contributed by atoms with Crippen LogP contribution in [0, 0.1) is 5.92 Å². The third-order valence-corrected chi connectivity index (χ3v) is 11.1. The van der Waals surface area contributed by atoms with Gasteiger partial charge in [0.15, 0.2) is 15.0 Å². The van der Waals surface area contributed by atoms with Crippen molar-refractivity contribution in [1.29, 1.82) is 0 Å². The maximum absolute atomic E-state index is 13.1. The molecular formula is C25H30N4O5S3. The molecular weight excluding hydrogens is 532 g/mol. The first-order valence-electron chi connectivity index (χ1n) is 12.3. The first-order valence-corrected chi connectivity index (χ1v) is 16.4. The molecule has 0 bridgehead atoms. The predicted octanol–water partition coefficient (Wildman–Crippen LogP) is 3.08. The number of nitrogens with zero attached hydrogens (tertiary/aromatic N) is 4. The number of piperazine rings is 1. The highest BCUT2D eigenvalue weighted by molar-refractivity contribution is 7.91. The van der Waals surface area contributed by atoms with E-state index in [1.807, 2.05) is 6.07 Å². The number of benzene rings is 2. The Labute approximate surface area is 221 Å². The fraction of sp³-hybridized carbons (Fsp3) is 0.440. The summed E-state index contributed by atoms with van der Waals surface area (Å²) >= 11 is 1.44. The van der Waals surface area contributed by atoms with Crippen molar-refractivity contribution in [3.8, 4) is 0 Å². The fourth-order valence-corrected chi connectivity index (χ4v) is 8.45. The molecule has 2 fully saturated rings. The van der Waals surface area contributed by atoms with E-state index in [-0.39, 0.29) is 15.7 Å². The van der Waals surface area contributed by atoms with Crippen LogP contribution in [0.15, 0.2) is 52.3 Å². The van der Waals surface area contributed by atoms with Gasteiger partial charge in [-0.15, -0.1) is 0 Å². The van der Waals surface area contributed by atoms with E-state index in [1.54, 1.807) is 29.2 Å². The zero-order chi connectivity index (χ0) is 26.4. The van der Waals surface area contributed by atoms with E-state index >= 15 is 0 Å². The van der Waals surface area contributed by atoms with Crippen LogP contribution < -0.4 is 4.90 Å². The molecule has 3 aromatic rings. The van der Waals surface area contributed by atoms with Gasteiger partial charge in [-0.3, -0.25) is 4.79 Å². The molecule has 0 N–H and O–H groups in total. The van der Waals surface area contributed by atoms with Crippen LogP contribution in [0.25, 0.3) is 10.2 Å². The number of para-hydroxylation sites is 1. The number of aromatic nitrogens is 1. The molecule has 1 amide bonds. The molecule has 1 atom stereocenters. The van der Waals surface area contributed by atoms with Gasteiger partial charge in [0, 0.05) is 51.1 Å². The van der Waals surface area contributed by atoms with E-state index in [1.165, 1.54) is 34.0 Å². The topological polar surface area (TPSA) is 108 Å². The van der Waals surface area contributed by atoms with Crippen LogP contribution in [0.5, 0.6) is 0 Å². The number of fused-ring (bicyclic) bond motifs is 1. The van der Waals surface area contributed by atoms with E-state index < -0.39 is 19.9 Å². The highest BCUT2D eigenvalue weighted by atomic mass is 32.2. The number of carbonyl (C=O) groups excluding carboxylic acids is 1. The summed E-state index contributed by atoms with van der Waals surface area (Å²) in [6, 6.07) is 11.4. The quantitative estimate of drug-likeness (QED) is 0.470. The molecule has 0 saturated carbocycles. The highest BCUT2D eigenvalue weighted by Gasteiger charge is 2.29. The van der Waals surface area contributed by atoms with Gasteiger partial charge in [0.05, 0.1) is 14.5 Å². The van der Waals surface area contributed by atoms with Gasteiger partial charge in [0.2, 0.25) is 10.0 Å². The SMILES string of the molecule is CC1CCCN(S(=O)(=O)c2ccc(C(=O)N3CCN(c4nc5c(S(C)(=O)=O)cccc5s4)CC3)cc2)C1. The zero-order valence-corrected chi connectivity index (χ0v) is 23.3. The lowest BCUT2D eigenvalue weighted by Gasteiger charge is -2.34. The van der Waals surface area contributed by atoms with Crippen molar-refractivity contribution < 1.29 is 21.6 Å². The average molecular weight is 563 g/mol. The second-order valence-corrected chi connectivity index (χ2v) is 14.7. The van der Waals surface area contributed by atoms with Crippen molar-refractivity contribution in [2.24, 2.45) is 5.92 Å². The Morgan fingerprint density at radius 3 is 2.32 bits per heavy atom. The smallest absolute Gasteiger partial charge is 0.253 e. The lowest BCUT2D eigenvalue weighted by molar-refractivity contribution is 0.0746. The van der Waals surface area contributed by atoms with E-state index in [2.05, 4.69) is 16.8 Å². The van der Waals surface area contributed by atoms with Crippen LogP contribution in [-0.4, -0.2) is 82.5 Å². The summed E-state index contributed by atoms with van der Waals surface area (Å²) < 4.78 is 52.6. The minimum atomic E-state index is -3.57. The largest absolute Gasteiger partial charge is 0.345 e. The Hall–Kier alpha value is -2.54. The van der Waals surface area contributed by atoms with E-state index in [9.17, 15) is 21.6 Å². The number of thiazole rings is 1. The molecule has 0 radical (unpaired) electrons. The van der Waals surface area contributed by atoms with Crippen LogP contribution in [0.4, 0.5) is 5.13 Å². The molecule has 0 aliphatic carbocycles. The van der Waals surface area contributed by atoms with Crippen molar-refractivity contribution in [2.45, 2.75) is 29.6 Å². The van der Waals surface area contributed by atoms with Crippen molar-refractivity contribution in [2.75, 3.05) is 50.4 Å². The van der Waals surface area contributed by atoms with Gasteiger partial charge in [0.25, 0.3) is 5.91 Å². The number of sulfone groups is 1. The van der Waals surface area contributed by atoms with Gasteiger partial charge in [-0.2, -0.15) is 4.31 Å². The van der Waals surface area contributed by atoms with E-state index in [0.717, 1.165) is 22.7 Å². The van der Waals surface area contributed by atoms with Gasteiger partial charge in [0.1, 0.15) is 5.52 Å². The van der Waals surface area contributed by atoms with Gasteiger partial charge < -0.3 is 9.80 Å². The summed E-state index contributed by atoms with van der Waals surface area (Å²) in [4.78, 5) is 22.0. The minimum Gasteiger partial charge on any atom is -0.345 e. The van der Waals surface area contributed by atoms with Crippen molar-refractivity contribution >= 4 is 52.5 Å². The number of amides is 1. The van der Waals surface area contributed by atoms with E-state index in [0.29, 0.717) is 56.3 Å². The number of carbonyl (C=O) groups is 1. The molecule has 2 aromatic carbocycles. The molecule has 1 unspecified atom stereocenters. The molecule has 0 spiro atoms. The Morgan fingerprint density at radius 2 is 1.68 bits per heavy atom. The lowest BCUT2D eigenvalue weighted by Crippen LogP contribution is -2.48. The minimum absolute atomic E-state index is 0.140. The molecule has 3 heterocycles. The maximum atomic E-state index is 13.1. The predicted molar refractivity (Wildman–Crippen MR) is 144 cm³/mol. The summed E-state index contributed by atoms with van der Waals surface area (Å²) in [6.45, 7) is 5.23. The van der Waals surface area contributed by atoms with Gasteiger partial charge in [-0.05, 0) is 55.2 Å². The Bertz CT molecular complexity index is 1530. The van der Waals surface area contributed by atoms with E-state index in [4.69, 9.17) is 0 Å². The number of anilines is 1. The van der Waals surface area contributed by atoms with Crippen LogP contribution in [0.1, 0.15) is 30.1 Å². The Balaban J connectivity index is 1.25. The zero-order valence-electron chi connectivity index (χ0n) is 20.8. The van der Waals surface area contributed by atoms with Crippen molar-refractivity contribution in [3.63, 3.8) is 0 Å². The third-order valence-electron chi connectivity index (χ3n) is 6.97. The summed E-state index contributed by atoms with van der Waals surface area (Å²) in [7, 11) is -6.95. The summed E-state index contributed by atoms with van der Waals surface area (Å²) in [5.41, 5.74) is 0.940. The van der Waals surface area contributed by atoms with Crippen LogP contribution in [0.3, 0.4) is 0 Å². The van der Waals surface area contributed by atoms with Gasteiger partial charge in [-0.1, -0.05) is 24.3 Å². The molecule has 1 aromatic heterocycles. The first-order chi connectivity index (χ1) is 17.5. The molecule has 2 saturated heterocycles. The number of hydrogen-bond donors (Lipinski definition) is 0. The molecule has 5 rings (SSSR count). The van der Waals surface area contributed by atoms with Gasteiger partial charge >= 0.3 is 0 Å². The monoisotopic (exact) mass is 562 g/mol. The van der Waals surface area contributed by atoms with Crippen LogP contribution >= 0.6 is 11.3 Å². The maximum Gasteiger partial charge on any atom is 0.253 e. The normalized spacial score (nSPS) is 19.9. The van der Waals surface area contributed by atoms with Crippen LogP contribution in [-0.2, 0) is 19.9 Å². The fourth-order valence-electron chi connectivity index (χ4n) is 4.91. The Kier molecular flexibility index (Phi) is 7.03. The molecule has 12 heteroatoms. The molecule has 2 aliphatic rings. The first kappa shape index (κ1) is 26.1. The second kappa shape index (κ2) is 9.97.